The molecule has 2 saturated heterocycles. The highest BCUT2D eigenvalue weighted by atomic mass is 15.3. The first-order valence-electron chi connectivity index (χ1n) is 11.3. The summed E-state index contributed by atoms with van der Waals surface area (Å²) in [6.07, 6.45) is 6.57. The van der Waals surface area contributed by atoms with Crippen molar-refractivity contribution < 1.29 is 0 Å². The van der Waals surface area contributed by atoms with Gasteiger partial charge in [0, 0.05) is 45.1 Å². The molecule has 5 heterocycles. The zero-order chi connectivity index (χ0) is 20.5. The number of hydrogen-bond donors (Lipinski definition) is 0. The molecule has 0 unspecified atom stereocenters. The van der Waals surface area contributed by atoms with Crippen molar-refractivity contribution in [2.45, 2.75) is 39.3 Å². The molecule has 0 bridgehead atoms. The average molecular weight is 405 g/mol. The zero-order valence-corrected chi connectivity index (χ0v) is 18.2. The van der Waals surface area contributed by atoms with Crippen molar-refractivity contribution in [3.8, 4) is 0 Å². The van der Waals surface area contributed by atoms with Crippen LogP contribution in [0.15, 0.2) is 42.7 Å². The maximum atomic E-state index is 4.98. The number of likely N-dealkylation sites (N-methyl/N-ethyl adjacent to an activating group) is 1. The molecule has 3 aromatic rings. The number of fused-ring (bicyclic) bond motifs is 1. The van der Waals surface area contributed by atoms with E-state index in [4.69, 9.17) is 9.97 Å². The van der Waals surface area contributed by atoms with E-state index in [0.717, 1.165) is 57.2 Å². The van der Waals surface area contributed by atoms with E-state index < -0.39 is 0 Å². The van der Waals surface area contributed by atoms with Gasteiger partial charge in [-0.25, -0.2) is 4.98 Å². The van der Waals surface area contributed by atoms with Gasteiger partial charge in [-0.2, -0.15) is 0 Å². The SMILES string of the molecule is CCN1CCN(c2cccc3nc(CN4CCC[C@H]4c4ncccc4C)cn23)CC1. The number of piperazine rings is 1. The second-order valence-electron chi connectivity index (χ2n) is 8.60. The number of imidazole rings is 1. The Morgan fingerprint density at radius 2 is 1.90 bits per heavy atom. The highest BCUT2D eigenvalue weighted by molar-refractivity contribution is 5.53. The van der Waals surface area contributed by atoms with Crippen LogP contribution in [0.5, 0.6) is 0 Å². The lowest BCUT2D eigenvalue weighted by Gasteiger charge is -2.35. The first-order valence-corrected chi connectivity index (χ1v) is 11.3. The molecule has 2 aliphatic rings. The quantitative estimate of drug-likeness (QED) is 0.651. The van der Waals surface area contributed by atoms with Crippen molar-refractivity contribution in [3.63, 3.8) is 0 Å². The second kappa shape index (κ2) is 8.36. The second-order valence-corrected chi connectivity index (χ2v) is 8.60. The van der Waals surface area contributed by atoms with E-state index in [1.807, 2.05) is 12.3 Å². The molecule has 5 rings (SSSR count). The molecular weight excluding hydrogens is 372 g/mol. The van der Waals surface area contributed by atoms with Crippen LogP contribution in [-0.4, -0.2) is 63.4 Å². The van der Waals surface area contributed by atoms with Crippen LogP contribution in [0.1, 0.15) is 42.8 Å². The number of rotatable bonds is 5. The van der Waals surface area contributed by atoms with Crippen LogP contribution in [0.25, 0.3) is 5.65 Å². The van der Waals surface area contributed by atoms with Gasteiger partial charge in [-0.15, -0.1) is 0 Å². The summed E-state index contributed by atoms with van der Waals surface area (Å²) >= 11 is 0. The summed E-state index contributed by atoms with van der Waals surface area (Å²) in [6, 6.07) is 11.1. The lowest BCUT2D eigenvalue weighted by molar-refractivity contribution is 0.241. The Labute approximate surface area is 179 Å². The highest BCUT2D eigenvalue weighted by Gasteiger charge is 2.29. The van der Waals surface area contributed by atoms with Crippen LogP contribution in [-0.2, 0) is 6.54 Å². The lowest BCUT2D eigenvalue weighted by atomic mass is 10.1. The van der Waals surface area contributed by atoms with Crippen molar-refractivity contribution in [2.75, 3.05) is 44.2 Å². The van der Waals surface area contributed by atoms with Gasteiger partial charge in [0.15, 0.2) is 0 Å². The number of aromatic nitrogens is 3. The molecule has 0 spiro atoms. The molecule has 158 valence electrons. The average Bonchev–Trinajstić information content (AvgIpc) is 3.40. The minimum absolute atomic E-state index is 0.401. The van der Waals surface area contributed by atoms with E-state index in [9.17, 15) is 0 Å². The highest BCUT2D eigenvalue weighted by Crippen LogP contribution is 2.33. The van der Waals surface area contributed by atoms with Gasteiger partial charge >= 0.3 is 0 Å². The molecule has 6 heteroatoms. The van der Waals surface area contributed by atoms with Crippen molar-refractivity contribution in [1.82, 2.24) is 24.2 Å². The van der Waals surface area contributed by atoms with Gasteiger partial charge in [-0.3, -0.25) is 14.3 Å². The summed E-state index contributed by atoms with van der Waals surface area (Å²) in [7, 11) is 0. The Balaban J connectivity index is 1.37. The molecular formula is C24H32N6. The van der Waals surface area contributed by atoms with Crippen LogP contribution in [0.3, 0.4) is 0 Å². The molecule has 0 aliphatic carbocycles. The fourth-order valence-corrected chi connectivity index (χ4v) is 5.05. The van der Waals surface area contributed by atoms with Gasteiger partial charge < -0.3 is 9.80 Å². The number of pyridine rings is 2. The van der Waals surface area contributed by atoms with Gasteiger partial charge in [0.05, 0.1) is 17.4 Å². The Kier molecular flexibility index (Phi) is 5.44. The third kappa shape index (κ3) is 3.70. The van der Waals surface area contributed by atoms with Crippen LogP contribution in [0.4, 0.5) is 5.82 Å². The molecule has 2 aliphatic heterocycles. The number of likely N-dealkylation sites (tertiary alicyclic amines) is 1. The van der Waals surface area contributed by atoms with Crippen molar-refractivity contribution >= 4 is 11.5 Å². The number of anilines is 1. The fraction of sp³-hybridized carbons (Fsp3) is 0.500. The van der Waals surface area contributed by atoms with Crippen molar-refractivity contribution in [1.29, 1.82) is 0 Å². The number of nitrogens with zero attached hydrogens (tertiary/aromatic N) is 6. The Morgan fingerprint density at radius 1 is 1.03 bits per heavy atom. The maximum Gasteiger partial charge on any atom is 0.138 e. The van der Waals surface area contributed by atoms with E-state index in [1.54, 1.807) is 0 Å². The molecule has 0 amide bonds. The topological polar surface area (TPSA) is 39.9 Å². The van der Waals surface area contributed by atoms with Gasteiger partial charge in [0.2, 0.25) is 0 Å². The molecule has 1 atom stereocenters. The normalized spacial score (nSPS) is 21.0. The summed E-state index contributed by atoms with van der Waals surface area (Å²) < 4.78 is 2.29. The molecule has 6 nitrogen and oxygen atoms in total. The predicted molar refractivity (Wildman–Crippen MR) is 121 cm³/mol. The van der Waals surface area contributed by atoms with Crippen LogP contribution >= 0.6 is 0 Å². The molecule has 0 N–H and O–H groups in total. The van der Waals surface area contributed by atoms with Crippen LogP contribution in [0, 0.1) is 6.92 Å². The third-order valence-electron chi connectivity index (χ3n) is 6.76. The van der Waals surface area contributed by atoms with Crippen LogP contribution in [0.2, 0.25) is 0 Å². The maximum absolute atomic E-state index is 4.98. The first kappa shape index (κ1) is 19.5. The zero-order valence-electron chi connectivity index (χ0n) is 18.2. The predicted octanol–water partition coefficient (Wildman–Crippen LogP) is 3.52. The van der Waals surface area contributed by atoms with Gasteiger partial charge in [0.1, 0.15) is 11.5 Å². The first-order chi connectivity index (χ1) is 14.7. The van der Waals surface area contributed by atoms with E-state index in [0.29, 0.717) is 6.04 Å². The molecule has 0 saturated carbocycles. The van der Waals surface area contributed by atoms with Crippen LogP contribution < -0.4 is 4.90 Å². The minimum Gasteiger partial charge on any atom is -0.355 e. The fourth-order valence-electron chi connectivity index (χ4n) is 5.05. The van der Waals surface area contributed by atoms with Crippen molar-refractivity contribution in [3.05, 3.63) is 59.7 Å². The van der Waals surface area contributed by atoms with E-state index in [-0.39, 0.29) is 0 Å². The molecule has 30 heavy (non-hydrogen) atoms. The molecule has 3 aromatic heterocycles. The summed E-state index contributed by atoms with van der Waals surface area (Å²) in [5, 5.41) is 0. The van der Waals surface area contributed by atoms with E-state index >= 15 is 0 Å². The minimum atomic E-state index is 0.401. The summed E-state index contributed by atoms with van der Waals surface area (Å²) in [5.74, 6) is 1.26. The smallest absolute Gasteiger partial charge is 0.138 e. The van der Waals surface area contributed by atoms with Gasteiger partial charge in [-0.05, 0) is 56.6 Å². The number of hydrogen-bond acceptors (Lipinski definition) is 5. The summed E-state index contributed by atoms with van der Waals surface area (Å²) in [4.78, 5) is 17.3. The molecule has 2 fully saturated rings. The standard InChI is InChI=1S/C24H32N6/c1-3-27-13-15-28(16-14-27)23-10-4-9-22-26-20(18-30(22)23)17-29-12-6-8-21(29)24-19(2)7-5-11-25-24/h4-5,7,9-11,18,21H,3,6,8,12-17H2,1-2H3/t21-/m0/s1. The number of aryl methyl sites for hydroxylation is 1. The largest absolute Gasteiger partial charge is 0.355 e. The third-order valence-corrected chi connectivity index (χ3v) is 6.76. The van der Waals surface area contributed by atoms with Gasteiger partial charge in [0.25, 0.3) is 0 Å². The van der Waals surface area contributed by atoms with Crippen molar-refractivity contribution in [2.24, 2.45) is 0 Å². The monoisotopic (exact) mass is 404 g/mol. The molecule has 0 aromatic carbocycles. The molecule has 0 radical (unpaired) electrons. The Bertz CT molecular complexity index is 1000. The summed E-state index contributed by atoms with van der Waals surface area (Å²) in [6.45, 7) is 12.0. The van der Waals surface area contributed by atoms with Gasteiger partial charge in [-0.1, -0.05) is 19.1 Å². The van der Waals surface area contributed by atoms with E-state index in [2.05, 4.69) is 63.4 Å². The Hall–Kier alpha value is -2.44. The lowest BCUT2D eigenvalue weighted by Crippen LogP contribution is -2.46. The Morgan fingerprint density at radius 3 is 2.70 bits per heavy atom. The summed E-state index contributed by atoms with van der Waals surface area (Å²) in [5.41, 5.74) is 4.71. The van der Waals surface area contributed by atoms with E-state index in [1.165, 1.54) is 29.9 Å².